The third kappa shape index (κ3) is 5.03. The molecule has 1 aromatic carbocycles. The lowest BCUT2D eigenvalue weighted by molar-refractivity contribution is -0.255. The van der Waals surface area contributed by atoms with Gasteiger partial charge in [-0.1, -0.05) is 72.3 Å². The molecule has 5 heteroatoms. The zero-order valence-corrected chi connectivity index (χ0v) is 21.9. The van der Waals surface area contributed by atoms with E-state index in [1.54, 1.807) is 0 Å². The molecule has 0 saturated heterocycles. The van der Waals surface area contributed by atoms with Gasteiger partial charge >= 0.3 is 0 Å². The molecule has 0 amide bonds. The van der Waals surface area contributed by atoms with Crippen LogP contribution in [0.25, 0.3) is 0 Å². The molecular formula is C28H39BrO4. The summed E-state index contributed by atoms with van der Waals surface area (Å²) in [6, 6.07) is 10.3. The minimum Gasteiger partial charge on any atom is -0.376 e. The van der Waals surface area contributed by atoms with E-state index in [-0.39, 0.29) is 23.2 Å². The number of allylic oxidation sites excluding steroid dienone is 2. The zero-order chi connectivity index (χ0) is 23.5. The van der Waals surface area contributed by atoms with Crippen LogP contribution in [-0.4, -0.2) is 36.7 Å². The maximum atomic E-state index is 12.9. The number of ether oxygens (including phenoxy) is 3. The zero-order valence-electron chi connectivity index (χ0n) is 20.3. The van der Waals surface area contributed by atoms with Gasteiger partial charge in [-0.05, 0) is 54.9 Å². The second-order valence-corrected chi connectivity index (χ2v) is 11.2. The molecule has 0 aromatic heterocycles. The lowest BCUT2D eigenvalue weighted by Crippen LogP contribution is -2.63. The van der Waals surface area contributed by atoms with Gasteiger partial charge in [0, 0.05) is 24.9 Å². The fraction of sp³-hybridized carbons (Fsp3) is 0.679. The number of hydrogen-bond donors (Lipinski definition) is 0. The molecule has 7 atom stereocenters. The van der Waals surface area contributed by atoms with E-state index < -0.39 is 0 Å². The molecule has 0 heterocycles. The van der Waals surface area contributed by atoms with Crippen molar-refractivity contribution in [2.45, 2.75) is 71.9 Å². The van der Waals surface area contributed by atoms with E-state index in [0.29, 0.717) is 61.5 Å². The van der Waals surface area contributed by atoms with Crippen LogP contribution < -0.4 is 0 Å². The van der Waals surface area contributed by atoms with Crippen molar-refractivity contribution in [1.82, 2.24) is 0 Å². The monoisotopic (exact) mass is 518 g/mol. The molecule has 4 rings (SSSR count). The van der Waals surface area contributed by atoms with Crippen LogP contribution in [0.3, 0.4) is 0 Å². The van der Waals surface area contributed by atoms with E-state index >= 15 is 0 Å². The number of fused-ring (bicyclic) bond motifs is 3. The molecule has 2 fully saturated rings. The highest BCUT2D eigenvalue weighted by atomic mass is 79.9. The van der Waals surface area contributed by atoms with Crippen LogP contribution in [0.15, 0.2) is 42.5 Å². The van der Waals surface area contributed by atoms with Crippen LogP contribution in [-0.2, 0) is 25.6 Å². The van der Waals surface area contributed by atoms with E-state index in [4.69, 9.17) is 14.2 Å². The van der Waals surface area contributed by atoms with Crippen LogP contribution in [0, 0.1) is 28.6 Å². The maximum absolute atomic E-state index is 12.9. The molecular weight excluding hydrogens is 480 g/mol. The second-order valence-electron chi connectivity index (χ2n) is 10.5. The number of benzene rings is 1. The molecule has 0 aliphatic heterocycles. The highest BCUT2D eigenvalue weighted by Gasteiger charge is 2.63. The number of hydrogen-bond acceptors (Lipinski definition) is 4. The van der Waals surface area contributed by atoms with Crippen LogP contribution in [0.4, 0.5) is 0 Å². The average Bonchev–Trinajstić information content (AvgIpc) is 2.80. The van der Waals surface area contributed by atoms with Gasteiger partial charge in [-0.2, -0.15) is 0 Å². The fourth-order valence-corrected chi connectivity index (χ4v) is 7.47. The van der Waals surface area contributed by atoms with Gasteiger partial charge in [-0.15, -0.1) is 0 Å². The smallest absolute Gasteiger partial charge is 0.167 e. The minimum atomic E-state index is -0.322. The van der Waals surface area contributed by atoms with Gasteiger partial charge in [0.25, 0.3) is 0 Å². The predicted octanol–water partition coefficient (Wildman–Crippen LogP) is 6.32. The first kappa shape index (κ1) is 25.1. The highest BCUT2D eigenvalue weighted by Crippen LogP contribution is 2.64. The third-order valence-corrected chi connectivity index (χ3v) is 9.12. The molecule has 182 valence electrons. The molecule has 0 spiro atoms. The first-order valence-electron chi connectivity index (χ1n) is 12.6. The summed E-state index contributed by atoms with van der Waals surface area (Å²) in [7, 11) is 0. The van der Waals surface area contributed by atoms with E-state index in [1.807, 2.05) is 25.1 Å². The van der Waals surface area contributed by atoms with Gasteiger partial charge in [0.15, 0.2) is 6.29 Å². The van der Waals surface area contributed by atoms with Crippen LogP contribution in [0.1, 0.15) is 58.4 Å². The lowest BCUT2D eigenvalue weighted by atomic mass is 9.43. The third-order valence-electron chi connectivity index (χ3n) is 8.59. The van der Waals surface area contributed by atoms with Gasteiger partial charge in [0.2, 0.25) is 0 Å². The summed E-state index contributed by atoms with van der Waals surface area (Å²) in [6.45, 7) is 8.50. The summed E-state index contributed by atoms with van der Waals surface area (Å²) < 4.78 is 19.0. The number of Topliss-reactive ketones (excluding diaryl/α,β-unsaturated/α-hetero) is 1. The van der Waals surface area contributed by atoms with E-state index in [1.165, 1.54) is 0 Å². The van der Waals surface area contributed by atoms with Crippen molar-refractivity contribution in [2.24, 2.45) is 28.6 Å². The molecule has 3 aliphatic rings. The van der Waals surface area contributed by atoms with Crippen molar-refractivity contribution in [1.29, 1.82) is 0 Å². The number of rotatable bonds is 9. The lowest BCUT2D eigenvalue weighted by Gasteiger charge is -2.63. The molecule has 3 aliphatic carbocycles. The van der Waals surface area contributed by atoms with Crippen molar-refractivity contribution >= 4 is 21.7 Å². The van der Waals surface area contributed by atoms with Crippen molar-refractivity contribution in [2.75, 3.05) is 18.5 Å². The van der Waals surface area contributed by atoms with Crippen molar-refractivity contribution < 1.29 is 19.0 Å². The summed E-state index contributed by atoms with van der Waals surface area (Å²) in [4.78, 5) is 12.9. The summed E-state index contributed by atoms with van der Waals surface area (Å²) in [5.74, 6) is 1.76. The van der Waals surface area contributed by atoms with Crippen molar-refractivity contribution in [3.8, 4) is 0 Å². The Kier molecular flexibility index (Phi) is 8.15. The Morgan fingerprint density at radius 3 is 2.76 bits per heavy atom. The second kappa shape index (κ2) is 10.7. The number of carbonyl (C=O) groups excluding carboxylic acids is 1. The van der Waals surface area contributed by atoms with Gasteiger partial charge in [-0.3, -0.25) is 4.79 Å². The first-order valence-corrected chi connectivity index (χ1v) is 13.7. The normalized spacial score (nSPS) is 36.8. The fourth-order valence-electron chi connectivity index (χ4n) is 7.13. The predicted molar refractivity (Wildman–Crippen MR) is 134 cm³/mol. The maximum Gasteiger partial charge on any atom is 0.167 e. The molecule has 0 unspecified atom stereocenters. The Balaban J connectivity index is 1.67. The van der Waals surface area contributed by atoms with Gasteiger partial charge in [0.05, 0.1) is 24.6 Å². The quantitative estimate of drug-likeness (QED) is 0.218. The Labute approximate surface area is 207 Å². The van der Waals surface area contributed by atoms with Crippen LogP contribution in [0.2, 0.25) is 0 Å². The van der Waals surface area contributed by atoms with E-state index in [9.17, 15) is 4.79 Å². The highest BCUT2D eigenvalue weighted by molar-refractivity contribution is 9.09. The Bertz CT molecular complexity index is 826. The summed E-state index contributed by atoms with van der Waals surface area (Å²) in [6.07, 6.45) is 8.51. The van der Waals surface area contributed by atoms with Gasteiger partial charge < -0.3 is 14.2 Å². The summed E-state index contributed by atoms with van der Waals surface area (Å²) in [5, 5.41) is 0.619. The minimum absolute atomic E-state index is 0.0661. The molecule has 0 radical (unpaired) electrons. The molecule has 1 aromatic rings. The summed E-state index contributed by atoms with van der Waals surface area (Å²) >= 11 is 3.58. The Hall–Kier alpha value is -1.01. The van der Waals surface area contributed by atoms with Crippen LogP contribution >= 0.6 is 15.9 Å². The number of ketones is 1. The van der Waals surface area contributed by atoms with E-state index in [0.717, 1.165) is 24.8 Å². The molecule has 33 heavy (non-hydrogen) atoms. The average molecular weight is 520 g/mol. The number of carbonyl (C=O) groups is 1. The van der Waals surface area contributed by atoms with Gasteiger partial charge in [0.1, 0.15) is 5.78 Å². The van der Waals surface area contributed by atoms with Crippen molar-refractivity contribution in [3.63, 3.8) is 0 Å². The van der Waals surface area contributed by atoms with E-state index in [2.05, 4.69) is 54.1 Å². The molecule has 0 bridgehead atoms. The van der Waals surface area contributed by atoms with Crippen LogP contribution in [0.5, 0.6) is 0 Å². The Morgan fingerprint density at radius 1 is 1.24 bits per heavy atom. The van der Waals surface area contributed by atoms with Crippen molar-refractivity contribution in [3.05, 3.63) is 48.0 Å². The number of halogens is 1. The Morgan fingerprint density at radius 2 is 2.03 bits per heavy atom. The standard InChI is InChI=1S/C28H39BrO4/c1-4-32-26(17-29)33-25-15-23-20(2)9-8-14-27(23,3)24-13-12-22(30)16-28(24,25)19-31-18-21-10-6-5-7-11-21/h5-11,20,23-26H,4,12-19H2,1-3H3/t20-,23+,24-,25-,26+,27+,28-/m1/s1. The first-order chi connectivity index (χ1) is 15.9. The molecule has 2 saturated carbocycles. The largest absolute Gasteiger partial charge is 0.376 e. The topological polar surface area (TPSA) is 44.8 Å². The number of alkyl halides is 1. The van der Waals surface area contributed by atoms with Gasteiger partial charge in [-0.25, -0.2) is 0 Å². The molecule has 0 N–H and O–H groups in total. The SMILES string of the molecule is CCO[C@H](CBr)O[C@@H]1C[C@H]2[C@H](C)C=CC[C@]2(C)[C@H]2CCC(=O)C[C@@]21COCc1ccccc1. The molecule has 4 nitrogen and oxygen atoms in total. The summed E-state index contributed by atoms with van der Waals surface area (Å²) in [5.41, 5.74) is 0.991.